The van der Waals surface area contributed by atoms with Gasteiger partial charge in [-0.2, -0.15) is 0 Å². The van der Waals surface area contributed by atoms with Crippen molar-refractivity contribution in [2.24, 2.45) is 0 Å². The molecule has 0 bridgehead atoms. The second-order valence-corrected chi connectivity index (χ2v) is 3.44. The van der Waals surface area contributed by atoms with E-state index in [0.29, 0.717) is 17.3 Å². The molecular formula is C9H8Cl2FN. The van der Waals surface area contributed by atoms with Gasteiger partial charge in [0.05, 0.1) is 11.6 Å². The van der Waals surface area contributed by atoms with E-state index in [1.165, 1.54) is 12.1 Å². The predicted octanol–water partition coefficient (Wildman–Crippen LogP) is 3.64. The molecule has 0 atom stereocenters. The Morgan fingerprint density at radius 2 is 2.23 bits per heavy atom. The lowest BCUT2D eigenvalue weighted by Crippen LogP contribution is -2.00. The summed E-state index contributed by atoms with van der Waals surface area (Å²) in [5.74, 6) is -0.452. The molecule has 13 heavy (non-hydrogen) atoms. The van der Waals surface area contributed by atoms with E-state index in [1.807, 2.05) is 0 Å². The second-order valence-electron chi connectivity index (χ2n) is 2.50. The van der Waals surface area contributed by atoms with Crippen LogP contribution in [0.5, 0.6) is 0 Å². The molecule has 0 saturated carbocycles. The van der Waals surface area contributed by atoms with Crippen LogP contribution in [0.3, 0.4) is 0 Å². The lowest BCUT2D eigenvalue weighted by Gasteiger charge is -2.04. The standard InChI is InChI=1S/C9H8Cl2FN/c1-6(10)5-13-7-2-3-8(11)9(12)4-7/h2-4,13H,1,5H2. The summed E-state index contributed by atoms with van der Waals surface area (Å²) in [6.07, 6.45) is 0. The monoisotopic (exact) mass is 219 g/mol. The normalized spacial score (nSPS) is 9.77. The van der Waals surface area contributed by atoms with Crippen LogP contribution in [0.1, 0.15) is 0 Å². The number of nitrogens with one attached hydrogen (secondary N) is 1. The van der Waals surface area contributed by atoms with E-state index in [-0.39, 0.29) is 5.02 Å². The van der Waals surface area contributed by atoms with E-state index in [4.69, 9.17) is 23.2 Å². The number of halogens is 3. The smallest absolute Gasteiger partial charge is 0.143 e. The van der Waals surface area contributed by atoms with Gasteiger partial charge in [0.2, 0.25) is 0 Å². The maximum Gasteiger partial charge on any atom is 0.143 e. The summed E-state index contributed by atoms with van der Waals surface area (Å²) >= 11 is 11.0. The van der Waals surface area contributed by atoms with Gasteiger partial charge in [0, 0.05) is 10.7 Å². The van der Waals surface area contributed by atoms with Crippen LogP contribution in [-0.4, -0.2) is 6.54 Å². The number of benzene rings is 1. The molecule has 1 nitrogen and oxygen atoms in total. The Hall–Kier alpha value is -0.730. The average Bonchev–Trinajstić information content (AvgIpc) is 2.07. The summed E-state index contributed by atoms with van der Waals surface area (Å²) in [6.45, 7) is 3.90. The van der Waals surface area contributed by atoms with Crippen LogP contribution in [0.15, 0.2) is 29.8 Å². The van der Waals surface area contributed by atoms with Crippen LogP contribution < -0.4 is 5.32 Å². The maximum absolute atomic E-state index is 12.9. The molecule has 1 aromatic rings. The summed E-state index contributed by atoms with van der Waals surface area (Å²) in [6, 6.07) is 4.46. The van der Waals surface area contributed by atoms with Gasteiger partial charge in [-0.05, 0) is 18.2 Å². The minimum Gasteiger partial charge on any atom is -0.380 e. The zero-order valence-electron chi connectivity index (χ0n) is 6.78. The number of rotatable bonds is 3. The maximum atomic E-state index is 12.9. The SMILES string of the molecule is C=C(Cl)CNc1ccc(Cl)c(F)c1. The van der Waals surface area contributed by atoms with Crippen molar-refractivity contribution in [3.63, 3.8) is 0 Å². The molecule has 1 aromatic carbocycles. The number of hydrogen-bond acceptors (Lipinski definition) is 1. The third kappa shape index (κ3) is 3.25. The molecular weight excluding hydrogens is 212 g/mol. The Bertz CT molecular complexity index is 325. The summed E-state index contributed by atoms with van der Waals surface area (Å²) in [4.78, 5) is 0. The molecule has 4 heteroatoms. The highest BCUT2D eigenvalue weighted by molar-refractivity contribution is 6.30. The summed E-state index contributed by atoms with van der Waals surface area (Å²) in [7, 11) is 0. The molecule has 1 N–H and O–H groups in total. The minimum atomic E-state index is -0.452. The first kappa shape index (κ1) is 10.4. The number of anilines is 1. The molecule has 0 saturated heterocycles. The molecule has 0 spiro atoms. The van der Waals surface area contributed by atoms with Crippen LogP contribution in [0, 0.1) is 5.82 Å². The molecule has 70 valence electrons. The molecule has 0 radical (unpaired) electrons. The molecule has 0 fully saturated rings. The quantitative estimate of drug-likeness (QED) is 0.819. The Labute approximate surface area is 86.2 Å². The van der Waals surface area contributed by atoms with Crippen molar-refractivity contribution in [2.75, 3.05) is 11.9 Å². The molecule has 0 aliphatic heterocycles. The topological polar surface area (TPSA) is 12.0 Å². The van der Waals surface area contributed by atoms with Gasteiger partial charge in [-0.3, -0.25) is 0 Å². The van der Waals surface area contributed by atoms with E-state index in [2.05, 4.69) is 11.9 Å². The van der Waals surface area contributed by atoms with Crippen molar-refractivity contribution in [3.05, 3.63) is 40.7 Å². The summed E-state index contributed by atoms with van der Waals surface area (Å²) in [5, 5.41) is 3.46. The molecule has 0 aromatic heterocycles. The molecule has 0 aliphatic rings. The van der Waals surface area contributed by atoms with Crippen LogP contribution in [0.2, 0.25) is 5.02 Å². The van der Waals surface area contributed by atoms with Crippen LogP contribution in [0.4, 0.5) is 10.1 Å². The van der Waals surface area contributed by atoms with Crippen molar-refractivity contribution in [3.8, 4) is 0 Å². The van der Waals surface area contributed by atoms with Crippen molar-refractivity contribution in [2.45, 2.75) is 0 Å². The predicted molar refractivity (Wildman–Crippen MR) is 54.9 cm³/mol. The molecule has 0 unspecified atom stereocenters. The highest BCUT2D eigenvalue weighted by Crippen LogP contribution is 2.18. The summed E-state index contributed by atoms with van der Waals surface area (Å²) in [5.41, 5.74) is 0.628. The van der Waals surface area contributed by atoms with E-state index in [9.17, 15) is 4.39 Å². The fraction of sp³-hybridized carbons (Fsp3) is 0.111. The Balaban J connectivity index is 2.68. The molecule has 0 aliphatic carbocycles. The van der Waals surface area contributed by atoms with Gasteiger partial charge in [-0.15, -0.1) is 0 Å². The zero-order chi connectivity index (χ0) is 9.84. The van der Waals surface area contributed by atoms with Crippen molar-refractivity contribution in [1.29, 1.82) is 0 Å². The van der Waals surface area contributed by atoms with E-state index >= 15 is 0 Å². The molecule has 0 amide bonds. The average molecular weight is 220 g/mol. The Morgan fingerprint density at radius 1 is 1.54 bits per heavy atom. The van der Waals surface area contributed by atoms with Gasteiger partial charge in [-0.25, -0.2) is 4.39 Å². The first-order valence-corrected chi connectivity index (χ1v) is 4.37. The number of hydrogen-bond donors (Lipinski definition) is 1. The molecule has 0 heterocycles. The highest BCUT2D eigenvalue weighted by atomic mass is 35.5. The van der Waals surface area contributed by atoms with Gasteiger partial charge in [-0.1, -0.05) is 29.8 Å². The lowest BCUT2D eigenvalue weighted by atomic mass is 10.3. The van der Waals surface area contributed by atoms with Crippen LogP contribution >= 0.6 is 23.2 Å². The minimum absolute atomic E-state index is 0.107. The van der Waals surface area contributed by atoms with Gasteiger partial charge in [0.25, 0.3) is 0 Å². The fourth-order valence-electron chi connectivity index (χ4n) is 0.804. The van der Waals surface area contributed by atoms with Gasteiger partial charge < -0.3 is 5.32 Å². The van der Waals surface area contributed by atoms with Crippen LogP contribution in [-0.2, 0) is 0 Å². The Kier molecular flexibility index (Phi) is 3.58. The van der Waals surface area contributed by atoms with Crippen LogP contribution in [0.25, 0.3) is 0 Å². The van der Waals surface area contributed by atoms with Gasteiger partial charge in [0.1, 0.15) is 5.82 Å². The Morgan fingerprint density at radius 3 is 2.77 bits per heavy atom. The largest absolute Gasteiger partial charge is 0.380 e. The fourth-order valence-corrected chi connectivity index (χ4v) is 0.988. The second kappa shape index (κ2) is 4.49. The first-order chi connectivity index (χ1) is 6.09. The highest BCUT2D eigenvalue weighted by Gasteiger charge is 1.99. The van der Waals surface area contributed by atoms with Crippen molar-refractivity contribution >= 4 is 28.9 Å². The van der Waals surface area contributed by atoms with Gasteiger partial charge >= 0.3 is 0 Å². The zero-order valence-corrected chi connectivity index (χ0v) is 8.29. The lowest BCUT2D eigenvalue weighted by molar-refractivity contribution is 0.629. The first-order valence-electron chi connectivity index (χ1n) is 3.62. The molecule has 1 rings (SSSR count). The van der Waals surface area contributed by atoms with Gasteiger partial charge in [0.15, 0.2) is 0 Å². The third-order valence-electron chi connectivity index (χ3n) is 1.40. The summed E-state index contributed by atoms with van der Waals surface area (Å²) < 4.78 is 12.9. The van der Waals surface area contributed by atoms with E-state index in [0.717, 1.165) is 0 Å². The van der Waals surface area contributed by atoms with E-state index in [1.54, 1.807) is 6.07 Å². The van der Waals surface area contributed by atoms with E-state index < -0.39 is 5.82 Å². The van der Waals surface area contributed by atoms with Crippen molar-refractivity contribution < 1.29 is 4.39 Å². The third-order valence-corrected chi connectivity index (χ3v) is 1.84. The van der Waals surface area contributed by atoms with Crippen molar-refractivity contribution in [1.82, 2.24) is 0 Å².